The molecule has 3 heteroatoms. The van der Waals surface area contributed by atoms with Gasteiger partial charge in [-0.05, 0) is 18.4 Å². The Bertz CT molecular complexity index is 592. The lowest BCUT2D eigenvalue weighted by molar-refractivity contribution is -0.175. The molecule has 1 fully saturated rings. The van der Waals surface area contributed by atoms with Crippen molar-refractivity contribution in [3.05, 3.63) is 35.4 Å². The molecule has 0 saturated heterocycles. The van der Waals surface area contributed by atoms with Crippen LogP contribution in [0.4, 0.5) is 0 Å². The molecule has 0 amide bonds. The molecule has 0 bridgehead atoms. The zero-order chi connectivity index (χ0) is 16.3. The number of esters is 1. The van der Waals surface area contributed by atoms with Crippen LogP contribution in [0, 0.1) is 0 Å². The number of carbonyl (C=O) groups is 2. The molecule has 0 aromatic heterocycles. The average Bonchev–Trinajstić information content (AvgIpc) is 2.52. The molecule has 2 aliphatic rings. The van der Waals surface area contributed by atoms with Crippen LogP contribution in [-0.2, 0) is 19.9 Å². The number of Topliss-reactive ketones (excluding diaryl/α,β-unsaturated/α-hetero) is 1. The fraction of sp³-hybridized carbons (Fsp3) is 0.600. The summed E-state index contributed by atoms with van der Waals surface area (Å²) in [5.41, 5.74) is 1.10. The van der Waals surface area contributed by atoms with Crippen LogP contribution in [0.15, 0.2) is 24.3 Å². The van der Waals surface area contributed by atoms with E-state index in [9.17, 15) is 9.59 Å². The number of benzene rings is 1. The topological polar surface area (TPSA) is 43.4 Å². The maximum Gasteiger partial charge on any atom is 0.303 e. The van der Waals surface area contributed by atoms with E-state index in [-0.39, 0.29) is 17.7 Å². The Morgan fingerprint density at radius 3 is 2.43 bits per heavy atom. The summed E-state index contributed by atoms with van der Waals surface area (Å²) >= 11 is 0. The van der Waals surface area contributed by atoms with Crippen molar-refractivity contribution >= 4 is 11.8 Å². The maximum atomic E-state index is 13.0. The van der Waals surface area contributed by atoms with E-state index >= 15 is 0 Å². The molecular formula is C20H26O3. The van der Waals surface area contributed by atoms with E-state index in [1.165, 1.54) is 38.2 Å². The van der Waals surface area contributed by atoms with E-state index in [0.29, 0.717) is 6.42 Å². The lowest BCUT2D eigenvalue weighted by Gasteiger charge is -2.49. The lowest BCUT2D eigenvalue weighted by Crippen LogP contribution is -2.53. The molecule has 2 unspecified atom stereocenters. The highest BCUT2D eigenvalue weighted by molar-refractivity contribution is 5.95. The molecule has 0 heterocycles. The van der Waals surface area contributed by atoms with Gasteiger partial charge in [0, 0.05) is 24.8 Å². The van der Waals surface area contributed by atoms with Gasteiger partial charge in [0.15, 0.2) is 5.78 Å². The molecule has 1 aromatic carbocycles. The van der Waals surface area contributed by atoms with E-state index in [4.69, 9.17) is 4.74 Å². The highest BCUT2D eigenvalue weighted by atomic mass is 16.6. The van der Waals surface area contributed by atoms with E-state index < -0.39 is 5.60 Å². The Hall–Kier alpha value is -1.64. The summed E-state index contributed by atoms with van der Waals surface area (Å²) in [5.74, 6) is -0.226. The van der Waals surface area contributed by atoms with Crippen LogP contribution in [0.25, 0.3) is 0 Å². The third kappa shape index (κ3) is 2.93. The first-order valence-corrected chi connectivity index (χ1v) is 8.98. The fourth-order valence-electron chi connectivity index (χ4n) is 4.28. The molecule has 2 atom stereocenters. The third-order valence-corrected chi connectivity index (χ3v) is 5.34. The van der Waals surface area contributed by atoms with Gasteiger partial charge < -0.3 is 4.74 Å². The smallest absolute Gasteiger partial charge is 0.303 e. The second-order valence-electron chi connectivity index (χ2n) is 6.91. The van der Waals surface area contributed by atoms with Crippen LogP contribution < -0.4 is 0 Å². The summed E-state index contributed by atoms with van der Waals surface area (Å²) in [6, 6.07) is 7.99. The van der Waals surface area contributed by atoms with Crippen molar-refractivity contribution in [1.82, 2.24) is 0 Å². The Balaban J connectivity index is 1.96. The SMILES string of the molecule is CC(=O)OC12C(=O)CCCCCCCCCC1c1ccccc12. The van der Waals surface area contributed by atoms with E-state index in [1.807, 2.05) is 18.2 Å². The zero-order valence-electron chi connectivity index (χ0n) is 14.0. The number of hydrogen-bond donors (Lipinski definition) is 0. The molecule has 124 valence electrons. The highest BCUT2D eigenvalue weighted by Gasteiger charge is 2.58. The fourth-order valence-corrected chi connectivity index (χ4v) is 4.28. The van der Waals surface area contributed by atoms with Gasteiger partial charge in [-0.1, -0.05) is 62.8 Å². The van der Waals surface area contributed by atoms with Crippen molar-refractivity contribution < 1.29 is 14.3 Å². The standard InChI is InChI=1S/C20H26O3/c1-15(21)23-20-17(16-11-9-10-13-18(16)20)12-7-5-3-2-4-6-8-14-19(20)22/h9-11,13,17H,2-8,12,14H2,1H3. The van der Waals surface area contributed by atoms with Crippen molar-refractivity contribution in [1.29, 1.82) is 0 Å². The third-order valence-electron chi connectivity index (χ3n) is 5.34. The molecule has 0 radical (unpaired) electrons. The zero-order valence-corrected chi connectivity index (χ0v) is 14.0. The van der Waals surface area contributed by atoms with E-state index in [1.54, 1.807) is 0 Å². The average molecular weight is 314 g/mol. The summed E-state index contributed by atoms with van der Waals surface area (Å²) in [6.07, 6.45) is 9.46. The molecule has 1 aromatic rings. The van der Waals surface area contributed by atoms with Crippen molar-refractivity contribution in [2.75, 3.05) is 0 Å². The van der Waals surface area contributed by atoms with E-state index in [2.05, 4.69) is 6.07 Å². The van der Waals surface area contributed by atoms with Crippen LogP contribution in [0.2, 0.25) is 0 Å². The summed E-state index contributed by atoms with van der Waals surface area (Å²) in [6.45, 7) is 1.41. The van der Waals surface area contributed by atoms with Gasteiger partial charge >= 0.3 is 5.97 Å². The van der Waals surface area contributed by atoms with Gasteiger partial charge in [-0.2, -0.15) is 0 Å². The molecule has 3 rings (SSSR count). The molecule has 1 saturated carbocycles. The Labute approximate surface area is 138 Å². The van der Waals surface area contributed by atoms with Gasteiger partial charge in [-0.15, -0.1) is 0 Å². The van der Waals surface area contributed by atoms with Gasteiger partial charge in [0.25, 0.3) is 0 Å². The molecule has 0 spiro atoms. The van der Waals surface area contributed by atoms with Crippen molar-refractivity contribution in [3.8, 4) is 0 Å². The van der Waals surface area contributed by atoms with Gasteiger partial charge in [0.05, 0.1) is 0 Å². The van der Waals surface area contributed by atoms with Crippen LogP contribution >= 0.6 is 0 Å². The van der Waals surface area contributed by atoms with Crippen LogP contribution in [-0.4, -0.2) is 11.8 Å². The lowest BCUT2D eigenvalue weighted by atomic mass is 9.59. The number of carbonyl (C=O) groups excluding carboxylic acids is 2. The first kappa shape index (κ1) is 16.2. The predicted molar refractivity (Wildman–Crippen MR) is 89.2 cm³/mol. The van der Waals surface area contributed by atoms with Gasteiger partial charge in [-0.25, -0.2) is 0 Å². The highest BCUT2D eigenvalue weighted by Crippen LogP contribution is 2.56. The Kier molecular flexibility index (Phi) is 4.84. The monoisotopic (exact) mass is 314 g/mol. The number of ketones is 1. The number of rotatable bonds is 1. The molecule has 0 aliphatic heterocycles. The van der Waals surface area contributed by atoms with Crippen molar-refractivity contribution in [3.63, 3.8) is 0 Å². The summed E-state index contributed by atoms with van der Waals surface area (Å²) < 4.78 is 5.73. The molecular weight excluding hydrogens is 288 g/mol. The predicted octanol–water partition coefficient (Wildman–Crippen LogP) is 4.64. The summed E-state index contributed by atoms with van der Waals surface area (Å²) in [5, 5.41) is 0. The van der Waals surface area contributed by atoms with E-state index in [0.717, 1.165) is 31.2 Å². The minimum absolute atomic E-state index is 0.0366. The Morgan fingerprint density at radius 2 is 1.70 bits per heavy atom. The number of ether oxygens (including phenoxy) is 1. The molecule has 23 heavy (non-hydrogen) atoms. The Morgan fingerprint density at radius 1 is 1.04 bits per heavy atom. The molecule has 0 N–H and O–H groups in total. The minimum atomic E-state index is -1.01. The van der Waals surface area contributed by atoms with Crippen LogP contribution in [0.1, 0.15) is 81.8 Å². The summed E-state index contributed by atoms with van der Waals surface area (Å²) in [7, 11) is 0. The first-order valence-electron chi connectivity index (χ1n) is 8.98. The number of fused-ring (bicyclic) bond motifs is 4. The normalized spacial score (nSPS) is 28.4. The van der Waals surface area contributed by atoms with Crippen LogP contribution in [0.3, 0.4) is 0 Å². The second-order valence-corrected chi connectivity index (χ2v) is 6.91. The summed E-state index contributed by atoms with van der Waals surface area (Å²) in [4.78, 5) is 24.8. The maximum absolute atomic E-state index is 13.0. The quantitative estimate of drug-likeness (QED) is 0.709. The largest absolute Gasteiger partial charge is 0.446 e. The van der Waals surface area contributed by atoms with Crippen molar-refractivity contribution in [2.24, 2.45) is 0 Å². The molecule has 3 nitrogen and oxygen atoms in total. The second kappa shape index (κ2) is 6.86. The molecule has 2 aliphatic carbocycles. The van der Waals surface area contributed by atoms with Gasteiger partial charge in [0.2, 0.25) is 5.60 Å². The van der Waals surface area contributed by atoms with Crippen molar-refractivity contribution in [2.45, 2.75) is 76.2 Å². The van der Waals surface area contributed by atoms with Crippen LogP contribution in [0.5, 0.6) is 0 Å². The first-order chi connectivity index (χ1) is 11.2. The van der Waals surface area contributed by atoms with Gasteiger partial charge in [0.1, 0.15) is 0 Å². The minimum Gasteiger partial charge on any atom is -0.446 e. The number of hydrogen-bond acceptors (Lipinski definition) is 3. The van der Waals surface area contributed by atoms with Gasteiger partial charge in [-0.3, -0.25) is 9.59 Å².